The lowest BCUT2D eigenvalue weighted by Gasteiger charge is -1.97. The molecular formula is C7H9N5OS. The van der Waals surface area contributed by atoms with Crippen LogP contribution >= 0.6 is 11.3 Å². The second kappa shape index (κ2) is 4.05. The van der Waals surface area contributed by atoms with Crippen LogP contribution in [0.1, 0.15) is 5.89 Å². The van der Waals surface area contributed by atoms with E-state index in [4.69, 9.17) is 10.3 Å². The lowest BCUT2D eigenvalue weighted by atomic mass is 10.4. The Morgan fingerprint density at radius 3 is 3.07 bits per heavy atom. The zero-order chi connectivity index (χ0) is 9.80. The molecule has 0 unspecified atom stereocenters. The van der Waals surface area contributed by atoms with Gasteiger partial charge in [0, 0.05) is 13.0 Å². The van der Waals surface area contributed by atoms with Crippen molar-refractivity contribution in [1.29, 1.82) is 0 Å². The first-order valence-electron chi connectivity index (χ1n) is 4.05. The number of nitrogens with one attached hydrogen (secondary N) is 1. The molecule has 0 amide bonds. The third kappa shape index (κ3) is 2.19. The number of hydrogen-bond acceptors (Lipinski definition) is 7. The third-order valence-corrected chi connectivity index (χ3v) is 2.33. The van der Waals surface area contributed by atoms with Gasteiger partial charge in [-0.05, 0) is 0 Å². The Morgan fingerprint density at radius 1 is 1.50 bits per heavy atom. The van der Waals surface area contributed by atoms with E-state index in [1.54, 1.807) is 6.20 Å². The van der Waals surface area contributed by atoms with Gasteiger partial charge in [-0.25, -0.2) is 4.98 Å². The Bertz CT molecular complexity index is 384. The van der Waals surface area contributed by atoms with Gasteiger partial charge in [-0.2, -0.15) is 4.98 Å². The first-order valence-corrected chi connectivity index (χ1v) is 4.87. The molecule has 7 heteroatoms. The maximum absolute atomic E-state index is 5.52. The van der Waals surface area contributed by atoms with Crippen LogP contribution in [-0.4, -0.2) is 21.7 Å². The van der Waals surface area contributed by atoms with Gasteiger partial charge in [0.2, 0.25) is 5.89 Å². The average Bonchev–Trinajstić information content (AvgIpc) is 2.77. The van der Waals surface area contributed by atoms with Crippen molar-refractivity contribution in [2.24, 2.45) is 0 Å². The van der Waals surface area contributed by atoms with Gasteiger partial charge in [-0.15, -0.1) is 0 Å². The molecule has 2 aromatic heterocycles. The summed E-state index contributed by atoms with van der Waals surface area (Å²) >= 11 is 1.41. The molecule has 0 fully saturated rings. The van der Waals surface area contributed by atoms with Gasteiger partial charge in [0.15, 0.2) is 11.5 Å². The van der Waals surface area contributed by atoms with Crippen LogP contribution in [0.4, 0.5) is 10.1 Å². The van der Waals surface area contributed by atoms with E-state index in [2.05, 4.69) is 20.4 Å². The molecule has 2 rings (SSSR count). The summed E-state index contributed by atoms with van der Waals surface area (Å²) in [6.45, 7) is 0.704. The maximum atomic E-state index is 5.52. The molecular weight excluding hydrogens is 202 g/mol. The predicted molar refractivity (Wildman–Crippen MR) is 53.0 cm³/mol. The maximum Gasteiger partial charge on any atom is 0.228 e. The number of thiazole rings is 1. The summed E-state index contributed by atoms with van der Waals surface area (Å²) in [5.41, 5.74) is 5.52. The van der Waals surface area contributed by atoms with Crippen LogP contribution in [0.25, 0.3) is 0 Å². The smallest absolute Gasteiger partial charge is 0.228 e. The summed E-state index contributed by atoms with van der Waals surface area (Å²) in [6, 6.07) is 0. The van der Waals surface area contributed by atoms with Crippen molar-refractivity contribution in [3.8, 4) is 0 Å². The van der Waals surface area contributed by atoms with Gasteiger partial charge in [0.05, 0.1) is 6.20 Å². The molecule has 0 aliphatic heterocycles. The van der Waals surface area contributed by atoms with Crippen molar-refractivity contribution in [2.75, 3.05) is 17.6 Å². The molecule has 0 saturated carbocycles. The van der Waals surface area contributed by atoms with E-state index >= 15 is 0 Å². The lowest BCUT2D eigenvalue weighted by Crippen LogP contribution is -2.04. The van der Waals surface area contributed by atoms with Gasteiger partial charge < -0.3 is 15.6 Å². The third-order valence-electron chi connectivity index (χ3n) is 1.55. The minimum absolute atomic E-state index is 0.613. The van der Waals surface area contributed by atoms with E-state index in [0.717, 1.165) is 5.13 Å². The molecule has 0 spiro atoms. The van der Waals surface area contributed by atoms with Crippen molar-refractivity contribution in [2.45, 2.75) is 6.42 Å². The first kappa shape index (κ1) is 8.95. The molecule has 3 N–H and O–H groups in total. The number of rotatable bonds is 4. The molecule has 0 aliphatic rings. The van der Waals surface area contributed by atoms with Gasteiger partial charge >= 0.3 is 0 Å². The van der Waals surface area contributed by atoms with Crippen molar-refractivity contribution in [3.63, 3.8) is 0 Å². The van der Waals surface area contributed by atoms with E-state index in [9.17, 15) is 0 Å². The second-order valence-corrected chi connectivity index (χ2v) is 3.64. The normalized spacial score (nSPS) is 10.3. The van der Waals surface area contributed by atoms with E-state index in [0.29, 0.717) is 23.9 Å². The van der Waals surface area contributed by atoms with Crippen LogP contribution in [0.2, 0.25) is 0 Å². The highest BCUT2D eigenvalue weighted by Gasteiger charge is 2.00. The summed E-state index contributed by atoms with van der Waals surface area (Å²) in [7, 11) is 0. The number of nitrogens with two attached hydrogens (primary N) is 1. The number of nitrogen functional groups attached to an aromatic ring is 1. The van der Waals surface area contributed by atoms with Crippen molar-refractivity contribution in [1.82, 2.24) is 15.1 Å². The van der Waals surface area contributed by atoms with Crippen LogP contribution in [0, 0.1) is 0 Å². The monoisotopic (exact) mass is 211 g/mol. The summed E-state index contributed by atoms with van der Waals surface area (Å²) in [5, 5.41) is 8.12. The number of hydrogen-bond donors (Lipinski definition) is 2. The molecule has 14 heavy (non-hydrogen) atoms. The highest BCUT2D eigenvalue weighted by atomic mass is 32.1. The minimum atomic E-state index is 0.613. The highest BCUT2D eigenvalue weighted by molar-refractivity contribution is 7.19. The van der Waals surface area contributed by atoms with Crippen LogP contribution in [-0.2, 0) is 6.42 Å². The average molecular weight is 211 g/mol. The summed E-state index contributed by atoms with van der Waals surface area (Å²) in [4.78, 5) is 7.94. The summed E-state index contributed by atoms with van der Waals surface area (Å²) in [6.07, 6.45) is 3.69. The van der Waals surface area contributed by atoms with Crippen LogP contribution < -0.4 is 11.1 Å². The Hall–Kier alpha value is -1.63. The van der Waals surface area contributed by atoms with Crippen LogP contribution in [0.15, 0.2) is 17.0 Å². The molecule has 2 heterocycles. The quantitative estimate of drug-likeness (QED) is 0.776. The fourth-order valence-electron chi connectivity index (χ4n) is 0.951. The van der Waals surface area contributed by atoms with Crippen molar-refractivity contribution < 1.29 is 4.52 Å². The van der Waals surface area contributed by atoms with Gasteiger partial charge in [-0.1, -0.05) is 16.5 Å². The molecule has 0 bridgehead atoms. The van der Waals surface area contributed by atoms with Crippen LogP contribution in [0.3, 0.4) is 0 Å². The fraction of sp³-hybridized carbons (Fsp3) is 0.286. The second-order valence-electron chi connectivity index (χ2n) is 2.58. The van der Waals surface area contributed by atoms with E-state index < -0.39 is 0 Å². The lowest BCUT2D eigenvalue weighted by molar-refractivity contribution is 0.380. The zero-order valence-corrected chi connectivity index (χ0v) is 8.12. The summed E-state index contributed by atoms with van der Waals surface area (Å²) in [5.74, 6) is 0.613. The Morgan fingerprint density at radius 2 is 2.43 bits per heavy atom. The van der Waals surface area contributed by atoms with Crippen LogP contribution in [0.5, 0.6) is 0 Å². The molecule has 6 nitrogen and oxygen atoms in total. The summed E-state index contributed by atoms with van der Waals surface area (Å²) < 4.78 is 4.83. The number of nitrogens with zero attached hydrogens (tertiary/aromatic N) is 3. The SMILES string of the molecule is Nc1cnc(NCCc2ncno2)s1. The van der Waals surface area contributed by atoms with Crippen molar-refractivity contribution >= 4 is 21.5 Å². The molecule has 0 radical (unpaired) electrons. The molecule has 0 saturated heterocycles. The standard InChI is InChI=1S/C7H9N5OS/c8-5-3-10-7(14-5)9-2-1-6-11-4-12-13-6/h3-4H,1-2,8H2,(H,9,10). The molecule has 0 atom stereocenters. The largest absolute Gasteiger partial charge is 0.389 e. The molecule has 2 aromatic rings. The highest BCUT2D eigenvalue weighted by Crippen LogP contribution is 2.19. The Labute approximate surface area is 84.2 Å². The Balaban J connectivity index is 1.78. The van der Waals surface area contributed by atoms with E-state index in [-0.39, 0.29) is 0 Å². The first-order chi connectivity index (χ1) is 6.84. The number of anilines is 2. The van der Waals surface area contributed by atoms with Gasteiger partial charge in [-0.3, -0.25) is 0 Å². The van der Waals surface area contributed by atoms with Gasteiger partial charge in [0.1, 0.15) is 5.00 Å². The topological polar surface area (TPSA) is 89.9 Å². The Kier molecular flexibility index (Phi) is 2.59. The van der Waals surface area contributed by atoms with Crippen molar-refractivity contribution in [3.05, 3.63) is 18.4 Å². The molecule has 0 aromatic carbocycles. The minimum Gasteiger partial charge on any atom is -0.389 e. The molecule has 0 aliphatic carbocycles. The van der Waals surface area contributed by atoms with E-state index in [1.165, 1.54) is 17.7 Å². The molecule has 74 valence electrons. The zero-order valence-electron chi connectivity index (χ0n) is 7.30. The van der Waals surface area contributed by atoms with E-state index in [1.807, 2.05) is 0 Å². The van der Waals surface area contributed by atoms with Gasteiger partial charge in [0.25, 0.3) is 0 Å². The number of aromatic nitrogens is 3. The fourth-order valence-corrected chi connectivity index (χ4v) is 1.56. The predicted octanol–water partition coefficient (Wildman–Crippen LogP) is 0.763.